The van der Waals surface area contributed by atoms with Crippen LogP contribution in [-0.2, 0) is 6.54 Å². The molecule has 70 valence electrons. The number of aromatic nitrogens is 2. The smallest absolute Gasteiger partial charge is 0.253 e. The second-order valence-corrected chi connectivity index (χ2v) is 3.48. The van der Waals surface area contributed by atoms with Gasteiger partial charge in [-0.05, 0) is 18.8 Å². The Hall–Kier alpha value is -1.16. The molecule has 1 aliphatic rings. The molecule has 1 aromatic heterocycles. The van der Waals surface area contributed by atoms with Crippen molar-refractivity contribution in [1.29, 1.82) is 0 Å². The molecule has 0 bridgehead atoms. The predicted octanol–water partition coefficient (Wildman–Crippen LogP) is 0.0142. The molecule has 0 radical (unpaired) electrons. The van der Waals surface area contributed by atoms with Crippen molar-refractivity contribution in [3.63, 3.8) is 0 Å². The zero-order valence-electron chi connectivity index (χ0n) is 7.26. The Morgan fingerprint density at radius 1 is 1.69 bits per heavy atom. The van der Waals surface area contributed by atoms with E-state index < -0.39 is 0 Å². The second-order valence-electron chi connectivity index (χ2n) is 3.48. The third kappa shape index (κ3) is 1.95. The number of aliphatic hydroxyl groups excluding tert-OH is 1. The van der Waals surface area contributed by atoms with Gasteiger partial charge < -0.3 is 5.11 Å². The first-order chi connectivity index (χ1) is 6.27. The largest absolute Gasteiger partial charge is 0.391 e. The Labute approximate surface area is 75.9 Å². The summed E-state index contributed by atoms with van der Waals surface area (Å²) in [5.74, 6) is 0.395. The summed E-state index contributed by atoms with van der Waals surface area (Å²) in [6.07, 6.45) is 4.70. The lowest BCUT2D eigenvalue weighted by atomic mass is 10.2. The first-order valence-electron chi connectivity index (χ1n) is 4.46. The van der Waals surface area contributed by atoms with E-state index in [9.17, 15) is 9.90 Å². The highest BCUT2D eigenvalue weighted by Gasteiger charge is 2.29. The quantitative estimate of drug-likeness (QED) is 0.713. The minimum Gasteiger partial charge on any atom is -0.391 e. The van der Waals surface area contributed by atoms with Gasteiger partial charge in [0.05, 0.1) is 19.0 Å². The SMILES string of the molecule is O=c1ccncn1CC(O)C1CC1. The fraction of sp³-hybridized carbons (Fsp3) is 0.556. The molecular weight excluding hydrogens is 168 g/mol. The number of hydrogen-bond acceptors (Lipinski definition) is 3. The van der Waals surface area contributed by atoms with Gasteiger partial charge in [-0.3, -0.25) is 9.36 Å². The van der Waals surface area contributed by atoms with Crippen molar-refractivity contribution in [2.75, 3.05) is 0 Å². The van der Waals surface area contributed by atoms with E-state index >= 15 is 0 Å². The molecule has 1 aliphatic carbocycles. The van der Waals surface area contributed by atoms with E-state index in [4.69, 9.17) is 0 Å². The highest BCUT2D eigenvalue weighted by molar-refractivity contribution is 4.86. The Morgan fingerprint density at radius 3 is 3.08 bits per heavy atom. The van der Waals surface area contributed by atoms with Crippen LogP contribution >= 0.6 is 0 Å². The zero-order chi connectivity index (χ0) is 9.26. The molecule has 2 rings (SSSR count). The van der Waals surface area contributed by atoms with Crippen LogP contribution in [0.25, 0.3) is 0 Å². The van der Waals surface area contributed by atoms with Crippen LogP contribution in [0, 0.1) is 5.92 Å². The Kier molecular flexibility index (Phi) is 2.14. The highest BCUT2D eigenvalue weighted by Crippen LogP contribution is 2.32. The predicted molar refractivity (Wildman–Crippen MR) is 47.2 cm³/mol. The molecule has 0 spiro atoms. The van der Waals surface area contributed by atoms with Crippen LogP contribution in [-0.4, -0.2) is 20.8 Å². The van der Waals surface area contributed by atoms with Crippen molar-refractivity contribution in [2.45, 2.75) is 25.5 Å². The molecule has 4 nitrogen and oxygen atoms in total. The first-order valence-corrected chi connectivity index (χ1v) is 4.46. The minimum absolute atomic E-state index is 0.102. The standard InChI is InChI=1S/C9H12N2O2/c12-8(7-1-2-7)5-11-6-10-4-3-9(11)13/h3-4,6-8,12H,1-2,5H2. The fourth-order valence-electron chi connectivity index (χ4n) is 1.35. The van der Waals surface area contributed by atoms with Crippen molar-refractivity contribution in [3.05, 3.63) is 28.9 Å². The summed E-state index contributed by atoms with van der Waals surface area (Å²) in [5.41, 5.74) is -0.102. The van der Waals surface area contributed by atoms with Gasteiger partial charge >= 0.3 is 0 Å². The van der Waals surface area contributed by atoms with E-state index in [1.54, 1.807) is 0 Å². The van der Waals surface area contributed by atoms with E-state index in [1.165, 1.54) is 23.2 Å². The monoisotopic (exact) mass is 180 g/mol. The molecular formula is C9H12N2O2. The maximum atomic E-state index is 11.2. The van der Waals surface area contributed by atoms with Gasteiger partial charge in [0.25, 0.3) is 5.56 Å². The van der Waals surface area contributed by atoms with Gasteiger partial charge in [-0.1, -0.05) is 0 Å². The van der Waals surface area contributed by atoms with E-state index in [0.29, 0.717) is 12.5 Å². The molecule has 0 aliphatic heterocycles. The molecule has 1 N–H and O–H groups in total. The van der Waals surface area contributed by atoms with Gasteiger partial charge in [-0.25, -0.2) is 4.98 Å². The van der Waals surface area contributed by atoms with Crippen LogP contribution in [0.15, 0.2) is 23.4 Å². The first kappa shape index (κ1) is 8.44. The molecule has 1 heterocycles. The lowest BCUT2D eigenvalue weighted by Crippen LogP contribution is -2.26. The second kappa shape index (κ2) is 3.30. The van der Waals surface area contributed by atoms with Gasteiger partial charge in [-0.2, -0.15) is 0 Å². The van der Waals surface area contributed by atoms with Crippen molar-refractivity contribution in [1.82, 2.24) is 9.55 Å². The molecule has 0 aromatic carbocycles. The summed E-state index contributed by atoms with van der Waals surface area (Å²) >= 11 is 0. The van der Waals surface area contributed by atoms with Crippen LogP contribution in [0.3, 0.4) is 0 Å². The Bertz CT molecular complexity index is 343. The average molecular weight is 180 g/mol. The van der Waals surface area contributed by atoms with Crippen LogP contribution in [0.5, 0.6) is 0 Å². The molecule has 4 heteroatoms. The molecule has 1 aromatic rings. The molecule has 0 amide bonds. The van der Waals surface area contributed by atoms with Crippen molar-refractivity contribution in [3.8, 4) is 0 Å². The van der Waals surface area contributed by atoms with Gasteiger partial charge in [0.2, 0.25) is 0 Å². The van der Waals surface area contributed by atoms with E-state index in [0.717, 1.165) is 12.8 Å². The summed E-state index contributed by atoms with van der Waals surface area (Å²) in [7, 11) is 0. The van der Waals surface area contributed by atoms with Crippen molar-refractivity contribution >= 4 is 0 Å². The Balaban J connectivity index is 2.08. The molecule has 0 saturated heterocycles. The van der Waals surface area contributed by atoms with Gasteiger partial charge in [-0.15, -0.1) is 0 Å². The topological polar surface area (TPSA) is 55.1 Å². The minimum atomic E-state index is -0.387. The lowest BCUT2D eigenvalue weighted by Gasteiger charge is -2.09. The molecule has 1 unspecified atom stereocenters. The maximum absolute atomic E-state index is 11.2. The molecule has 1 atom stereocenters. The third-order valence-electron chi connectivity index (χ3n) is 2.34. The molecule has 1 fully saturated rings. The van der Waals surface area contributed by atoms with E-state index in [-0.39, 0.29) is 11.7 Å². The average Bonchev–Trinajstić information content (AvgIpc) is 2.91. The highest BCUT2D eigenvalue weighted by atomic mass is 16.3. The van der Waals surface area contributed by atoms with Crippen molar-refractivity contribution < 1.29 is 5.11 Å². The molecule has 1 saturated carbocycles. The summed E-state index contributed by atoms with van der Waals surface area (Å²) in [6, 6.07) is 1.40. The number of hydrogen-bond donors (Lipinski definition) is 1. The van der Waals surface area contributed by atoms with Gasteiger partial charge in [0, 0.05) is 12.3 Å². The maximum Gasteiger partial charge on any atom is 0.253 e. The van der Waals surface area contributed by atoms with Crippen LogP contribution in [0.2, 0.25) is 0 Å². The fourth-order valence-corrected chi connectivity index (χ4v) is 1.35. The zero-order valence-corrected chi connectivity index (χ0v) is 7.26. The normalized spacial score (nSPS) is 18.5. The van der Waals surface area contributed by atoms with Crippen molar-refractivity contribution in [2.24, 2.45) is 5.92 Å². The van der Waals surface area contributed by atoms with Crippen LogP contribution < -0.4 is 5.56 Å². The summed E-state index contributed by atoms with van der Waals surface area (Å²) in [5, 5.41) is 9.58. The third-order valence-corrected chi connectivity index (χ3v) is 2.34. The van der Waals surface area contributed by atoms with Crippen LogP contribution in [0.4, 0.5) is 0 Å². The summed E-state index contributed by atoms with van der Waals surface area (Å²) < 4.78 is 1.45. The lowest BCUT2D eigenvalue weighted by molar-refractivity contribution is 0.130. The number of rotatable bonds is 3. The van der Waals surface area contributed by atoms with Gasteiger partial charge in [0.15, 0.2) is 0 Å². The van der Waals surface area contributed by atoms with Crippen LogP contribution in [0.1, 0.15) is 12.8 Å². The van der Waals surface area contributed by atoms with E-state index in [2.05, 4.69) is 4.98 Å². The number of aliphatic hydroxyl groups is 1. The summed E-state index contributed by atoms with van der Waals surface area (Å²) in [6.45, 7) is 0.372. The Morgan fingerprint density at radius 2 is 2.46 bits per heavy atom. The van der Waals surface area contributed by atoms with Gasteiger partial charge in [0.1, 0.15) is 0 Å². The van der Waals surface area contributed by atoms with E-state index in [1.807, 2.05) is 0 Å². The molecule has 13 heavy (non-hydrogen) atoms. The summed E-state index contributed by atoms with van der Waals surface area (Å²) in [4.78, 5) is 15.0. The number of nitrogens with zero attached hydrogens (tertiary/aromatic N) is 2.